The summed E-state index contributed by atoms with van der Waals surface area (Å²) in [7, 11) is 0. The van der Waals surface area contributed by atoms with Gasteiger partial charge >= 0.3 is 0 Å². The highest BCUT2D eigenvalue weighted by molar-refractivity contribution is 5.91. The third-order valence-corrected chi connectivity index (χ3v) is 4.39. The topological polar surface area (TPSA) is 73.1 Å². The molecule has 2 heterocycles. The van der Waals surface area contributed by atoms with Gasteiger partial charge in [0.15, 0.2) is 5.69 Å². The minimum atomic E-state index is -0.291. The van der Waals surface area contributed by atoms with Gasteiger partial charge < -0.3 is 14.4 Å². The van der Waals surface area contributed by atoms with E-state index in [-0.39, 0.29) is 12.0 Å². The first-order chi connectivity index (χ1) is 12.0. The van der Waals surface area contributed by atoms with Crippen molar-refractivity contribution in [3.8, 4) is 0 Å². The van der Waals surface area contributed by atoms with E-state index in [1.54, 1.807) is 0 Å². The molecule has 1 atom stereocenters. The van der Waals surface area contributed by atoms with Gasteiger partial charge in [0.1, 0.15) is 6.26 Å². The molecule has 0 radical (unpaired) electrons. The Bertz CT molecular complexity index is 518. The normalized spacial score (nSPS) is 17.6. The first-order valence-corrected chi connectivity index (χ1v) is 9.39. The summed E-state index contributed by atoms with van der Waals surface area (Å²) in [6.45, 7) is 12.5. The minimum Gasteiger partial charge on any atom is -0.447 e. The van der Waals surface area contributed by atoms with E-state index in [1.807, 2.05) is 11.8 Å². The number of hydrogen-bond donors (Lipinski definition) is 1. The molecule has 0 aliphatic carbocycles. The maximum absolute atomic E-state index is 12.5. The van der Waals surface area contributed by atoms with Crippen molar-refractivity contribution >= 4 is 5.91 Å². The number of hydrogen-bond acceptors (Lipinski definition) is 6. The molecule has 1 N–H and O–H groups in total. The van der Waals surface area contributed by atoms with Gasteiger partial charge in [-0.2, -0.15) is 0 Å². The van der Waals surface area contributed by atoms with Gasteiger partial charge in [-0.1, -0.05) is 13.8 Å². The van der Waals surface area contributed by atoms with E-state index in [1.165, 1.54) is 6.26 Å². The summed E-state index contributed by atoms with van der Waals surface area (Å²) in [6.07, 6.45) is 3.07. The highest BCUT2D eigenvalue weighted by Gasteiger charge is 2.22. The minimum absolute atomic E-state index is 0.0412. The van der Waals surface area contributed by atoms with Gasteiger partial charge in [-0.05, 0) is 19.8 Å². The summed E-state index contributed by atoms with van der Waals surface area (Å²) in [5.41, 5.74) is 0.407. The highest BCUT2D eigenvalue weighted by Crippen LogP contribution is 2.11. The molecule has 1 aliphatic heterocycles. The van der Waals surface area contributed by atoms with Crippen molar-refractivity contribution in [2.75, 3.05) is 45.8 Å². The van der Waals surface area contributed by atoms with Crippen molar-refractivity contribution in [1.29, 1.82) is 0 Å². The molecule has 0 aromatic carbocycles. The molecule has 1 amide bonds. The lowest BCUT2D eigenvalue weighted by atomic mass is 10.3. The average molecular weight is 352 g/mol. The Hall–Kier alpha value is -1.44. The van der Waals surface area contributed by atoms with E-state index in [9.17, 15) is 9.90 Å². The predicted octanol–water partition coefficient (Wildman–Crippen LogP) is 1.44. The Labute approximate surface area is 150 Å². The molecule has 1 fully saturated rings. The van der Waals surface area contributed by atoms with Crippen LogP contribution in [0.5, 0.6) is 0 Å². The van der Waals surface area contributed by atoms with Crippen molar-refractivity contribution in [1.82, 2.24) is 19.7 Å². The predicted molar refractivity (Wildman–Crippen MR) is 96.4 cm³/mol. The summed E-state index contributed by atoms with van der Waals surface area (Å²) in [5, 5.41) is 9.47. The van der Waals surface area contributed by atoms with E-state index in [0.717, 1.165) is 58.7 Å². The molecule has 0 spiro atoms. The van der Waals surface area contributed by atoms with Crippen LogP contribution in [0.4, 0.5) is 0 Å². The van der Waals surface area contributed by atoms with Gasteiger partial charge in [0.25, 0.3) is 5.91 Å². The van der Waals surface area contributed by atoms with Crippen LogP contribution < -0.4 is 0 Å². The largest absolute Gasteiger partial charge is 0.447 e. The molecule has 7 nitrogen and oxygen atoms in total. The van der Waals surface area contributed by atoms with Crippen LogP contribution in [0.1, 0.15) is 50.0 Å². The fraction of sp³-hybridized carbons (Fsp3) is 0.778. The summed E-state index contributed by atoms with van der Waals surface area (Å²) in [6, 6.07) is 0. The smallest absolute Gasteiger partial charge is 0.275 e. The Balaban J connectivity index is 1.86. The molecule has 25 heavy (non-hydrogen) atoms. The highest BCUT2D eigenvalue weighted by atomic mass is 16.3. The maximum Gasteiger partial charge on any atom is 0.275 e. The third-order valence-electron chi connectivity index (χ3n) is 4.39. The van der Waals surface area contributed by atoms with Gasteiger partial charge in [-0.15, -0.1) is 0 Å². The van der Waals surface area contributed by atoms with E-state index in [4.69, 9.17) is 4.42 Å². The SMILES string of the molecule is CCCN(CCC)C(=O)c1coc(CN2CCN(C[C@@H](C)O)CC2)n1. The quantitative estimate of drug-likeness (QED) is 0.725. The van der Waals surface area contributed by atoms with Crippen LogP contribution in [-0.4, -0.2) is 82.6 Å². The standard InChI is InChI=1S/C18H32N4O3/c1-4-6-22(7-5-2)18(24)16-14-25-17(19-16)13-21-10-8-20(9-11-21)12-15(3)23/h14-15,23H,4-13H2,1-3H3/t15-/m1/s1. The Morgan fingerprint density at radius 3 is 2.40 bits per heavy atom. The lowest BCUT2D eigenvalue weighted by Gasteiger charge is -2.34. The summed E-state index contributed by atoms with van der Waals surface area (Å²) >= 11 is 0. The zero-order valence-corrected chi connectivity index (χ0v) is 15.8. The second kappa shape index (κ2) is 9.89. The molecule has 142 valence electrons. The van der Waals surface area contributed by atoms with Crippen LogP contribution >= 0.6 is 0 Å². The van der Waals surface area contributed by atoms with E-state index >= 15 is 0 Å². The number of aliphatic hydroxyl groups excluding tert-OH is 1. The summed E-state index contributed by atoms with van der Waals surface area (Å²) in [5.74, 6) is 0.556. The molecule has 0 bridgehead atoms. The Kier molecular flexibility index (Phi) is 7.87. The molecular weight excluding hydrogens is 320 g/mol. The molecule has 7 heteroatoms. The summed E-state index contributed by atoms with van der Waals surface area (Å²) < 4.78 is 5.53. The third kappa shape index (κ3) is 6.09. The molecule has 1 aromatic rings. The number of rotatable bonds is 9. The van der Waals surface area contributed by atoms with Crippen LogP contribution in [0.15, 0.2) is 10.7 Å². The number of amides is 1. The Morgan fingerprint density at radius 1 is 1.24 bits per heavy atom. The van der Waals surface area contributed by atoms with Crippen molar-refractivity contribution in [2.24, 2.45) is 0 Å². The fourth-order valence-corrected chi connectivity index (χ4v) is 3.19. The van der Waals surface area contributed by atoms with Crippen LogP contribution in [0, 0.1) is 0 Å². The molecule has 0 unspecified atom stereocenters. The zero-order valence-electron chi connectivity index (χ0n) is 15.8. The second-order valence-electron chi connectivity index (χ2n) is 6.84. The van der Waals surface area contributed by atoms with Crippen molar-refractivity contribution in [2.45, 2.75) is 46.3 Å². The van der Waals surface area contributed by atoms with E-state index < -0.39 is 0 Å². The van der Waals surface area contributed by atoms with Crippen molar-refractivity contribution in [3.63, 3.8) is 0 Å². The lowest BCUT2D eigenvalue weighted by molar-refractivity contribution is 0.0744. The van der Waals surface area contributed by atoms with Crippen LogP contribution in [0.2, 0.25) is 0 Å². The number of carbonyl (C=O) groups is 1. The number of oxazole rings is 1. The second-order valence-corrected chi connectivity index (χ2v) is 6.84. The van der Waals surface area contributed by atoms with Crippen LogP contribution in [-0.2, 0) is 6.54 Å². The van der Waals surface area contributed by atoms with Gasteiger partial charge in [0, 0.05) is 45.8 Å². The maximum atomic E-state index is 12.5. The monoisotopic (exact) mass is 352 g/mol. The lowest BCUT2D eigenvalue weighted by Crippen LogP contribution is -2.47. The number of piperazine rings is 1. The molecule has 0 saturated carbocycles. The number of aromatic nitrogens is 1. The molecule has 2 rings (SSSR count). The molecular formula is C18H32N4O3. The Morgan fingerprint density at radius 2 is 1.84 bits per heavy atom. The van der Waals surface area contributed by atoms with Gasteiger partial charge in [-0.3, -0.25) is 14.6 Å². The molecule has 1 aromatic heterocycles. The summed E-state index contributed by atoms with van der Waals surface area (Å²) in [4.78, 5) is 23.3. The van der Waals surface area contributed by atoms with Gasteiger partial charge in [-0.25, -0.2) is 4.98 Å². The number of nitrogens with zero attached hydrogens (tertiary/aromatic N) is 4. The number of aliphatic hydroxyl groups is 1. The van der Waals surface area contributed by atoms with Crippen LogP contribution in [0.3, 0.4) is 0 Å². The number of carbonyl (C=O) groups excluding carboxylic acids is 1. The zero-order chi connectivity index (χ0) is 18.2. The fourth-order valence-electron chi connectivity index (χ4n) is 3.19. The van der Waals surface area contributed by atoms with Crippen molar-refractivity contribution < 1.29 is 14.3 Å². The number of β-amino-alcohol motifs (C(OH)–C–C–N with tert-alkyl or cyclic N) is 1. The van der Waals surface area contributed by atoms with Gasteiger partial charge in [0.2, 0.25) is 5.89 Å². The van der Waals surface area contributed by atoms with E-state index in [2.05, 4.69) is 28.6 Å². The molecule has 1 saturated heterocycles. The average Bonchev–Trinajstić information content (AvgIpc) is 3.04. The molecule has 1 aliphatic rings. The first kappa shape index (κ1) is 19.9. The first-order valence-electron chi connectivity index (χ1n) is 9.39. The van der Waals surface area contributed by atoms with Crippen molar-refractivity contribution in [3.05, 3.63) is 17.8 Å². The van der Waals surface area contributed by atoms with E-state index in [0.29, 0.717) is 18.1 Å². The van der Waals surface area contributed by atoms with Crippen LogP contribution in [0.25, 0.3) is 0 Å². The van der Waals surface area contributed by atoms with Gasteiger partial charge in [0.05, 0.1) is 12.6 Å².